The van der Waals surface area contributed by atoms with Crippen LogP contribution < -0.4 is 16.1 Å². The molecule has 3 rings (SSSR count). The normalized spacial score (nSPS) is 15.3. The van der Waals surface area contributed by atoms with Gasteiger partial charge < -0.3 is 19.8 Å². The Morgan fingerprint density at radius 3 is 2.45 bits per heavy atom. The Bertz CT molecular complexity index is 643. The molecule has 2 N–H and O–H groups in total. The van der Waals surface area contributed by atoms with Crippen molar-refractivity contribution in [3.05, 3.63) is 46.6 Å². The van der Waals surface area contributed by atoms with Crippen molar-refractivity contribution in [1.29, 1.82) is 0 Å². The number of hydrogen-bond donors (Lipinski definition) is 1. The lowest BCUT2D eigenvalue weighted by Crippen LogP contribution is -2.36. The highest BCUT2D eigenvalue weighted by Gasteiger charge is 2.15. The third kappa shape index (κ3) is 2.67. The molecule has 1 saturated heterocycles. The van der Waals surface area contributed by atoms with Gasteiger partial charge in [-0.05, 0) is 24.3 Å². The van der Waals surface area contributed by atoms with E-state index >= 15 is 0 Å². The SMILES string of the molecule is Nc1ccc(-c2cc(=O)cc(N3CCOCC3)o2)cc1. The van der Waals surface area contributed by atoms with E-state index in [0.29, 0.717) is 30.5 Å². The minimum atomic E-state index is -0.0652. The number of morpholine rings is 1. The van der Waals surface area contributed by atoms with Crippen molar-refractivity contribution < 1.29 is 9.15 Å². The van der Waals surface area contributed by atoms with Crippen LogP contribution in [0, 0.1) is 0 Å². The van der Waals surface area contributed by atoms with Crippen LogP contribution in [-0.2, 0) is 4.74 Å². The van der Waals surface area contributed by atoms with Gasteiger partial charge in [0.15, 0.2) is 11.3 Å². The average molecular weight is 272 g/mol. The van der Waals surface area contributed by atoms with Crippen LogP contribution in [0.5, 0.6) is 0 Å². The van der Waals surface area contributed by atoms with E-state index in [2.05, 4.69) is 0 Å². The van der Waals surface area contributed by atoms with Gasteiger partial charge in [0.1, 0.15) is 5.76 Å². The largest absolute Gasteiger partial charge is 0.440 e. The molecule has 1 aromatic heterocycles. The highest BCUT2D eigenvalue weighted by atomic mass is 16.5. The third-order valence-electron chi connectivity index (χ3n) is 3.27. The van der Waals surface area contributed by atoms with E-state index < -0.39 is 0 Å². The maximum Gasteiger partial charge on any atom is 0.200 e. The predicted molar refractivity (Wildman–Crippen MR) is 77.9 cm³/mol. The summed E-state index contributed by atoms with van der Waals surface area (Å²) in [5.74, 6) is 1.15. The summed E-state index contributed by atoms with van der Waals surface area (Å²) in [5.41, 5.74) is 7.12. The summed E-state index contributed by atoms with van der Waals surface area (Å²) in [6, 6.07) is 10.3. The molecule has 20 heavy (non-hydrogen) atoms. The molecule has 0 saturated carbocycles. The topological polar surface area (TPSA) is 68.7 Å². The lowest BCUT2D eigenvalue weighted by atomic mass is 10.1. The fourth-order valence-corrected chi connectivity index (χ4v) is 2.19. The number of rotatable bonds is 2. The first-order valence-electron chi connectivity index (χ1n) is 6.56. The summed E-state index contributed by atoms with van der Waals surface area (Å²) in [6.45, 7) is 2.76. The monoisotopic (exact) mass is 272 g/mol. The lowest BCUT2D eigenvalue weighted by Gasteiger charge is -2.27. The van der Waals surface area contributed by atoms with Crippen LogP contribution in [0.25, 0.3) is 11.3 Å². The van der Waals surface area contributed by atoms with Crippen molar-refractivity contribution >= 4 is 11.6 Å². The van der Waals surface area contributed by atoms with Crippen LogP contribution >= 0.6 is 0 Å². The molecular weight excluding hydrogens is 256 g/mol. The number of nitrogen functional groups attached to an aromatic ring is 1. The molecule has 0 atom stereocenters. The number of nitrogens with zero attached hydrogens (tertiary/aromatic N) is 1. The Morgan fingerprint density at radius 2 is 1.75 bits per heavy atom. The van der Waals surface area contributed by atoms with Crippen molar-refractivity contribution in [2.24, 2.45) is 0 Å². The van der Waals surface area contributed by atoms with Crippen molar-refractivity contribution in [3.63, 3.8) is 0 Å². The summed E-state index contributed by atoms with van der Waals surface area (Å²) in [6.07, 6.45) is 0. The number of benzene rings is 1. The first kappa shape index (κ1) is 12.7. The molecule has 0 bridgehead atoms. The number of nitrogens with two attached hydrogens (primary N) is 1. The fourth-order valence-electron chi connectivity index (χ4n) is 2.19. The molecule has 0 spiro atoms. The van der Waals surface area contributed by atoms with E-state index in [1.165, 1.54) is 12.1 Å². The van der Waals surface area contributed by atoms with Crippen molar-refractivity contribution in [2.45, 2.75) is 0 Å². The zero-order valence-corrected chi connectivity index (χ0v) is 11.0. The van der Waals surface area contributed by atoms with Gasteiger partial charge in [0, 0.05) is 36.5 Å². The number of anilines is 2. The smallest absolute Gasteiger partial charge is 0.200 e. The minimum absolute atomic E-state index is 0.0652. The van der Waals surface area contributed by atoms with E-state index in [9.17, 15) is 4.79 Å². The molecule has 0 amide bonds. The second-order valence-corrected chi connectivity index (χ2v) is 4.72. The van der Waals surface area contributed by atoms with Crippen LogP contribution in [0.3, 0.4) is 0 Å². The molecule has 1 aliphatic rings. The van der Waals surface area contributed by atoms with E-state index in [-0.39, 0.29) is 5.43 Å². The first-order chi connectivity index (χ1) is 9.72. The third-order valence-corrected chi connectivity index (χ3v) is 3.27. The molecule has 1 aliphatic heterocycles. The van der Waals surface area contributed by atoms with Gasteiger partial charge in [-0.2, -0.15) is 0 Å². The van der Waals surface area contributed by atoms with Gasteiger partial charge in [0.05, 0.1) is 13.2 Å². The second kappa shape index (κ2) is 5.38. The Morgan fingerprint density at radius 1 is 1.05 bits per heavy atom. The van der Waals surface area contributed by atoms with Crippen LogP contribution in [-0.4, -0.2) is 26.3 Å². The maximum absolute atomic E-state index is 11.9. The molecule has 0 unspecified atom stereocenters. The molecule has 104 valence electrons. The fraction of sp³-hybridized carbons (Fsp3) is 0.267. The first-order valence-corrected chi connectivity index (χ1v) is 6.56. The standard InChI is InChI=1S/C15H16N2O3/c16-12-3-1-11(2-4-12)14-9-13(18)10-15(20-14)17-5-7-19-8-6-17/h1-4,9-10H,5-8,16H2. The molecule has 2 aromatic rings. The predicted octanol–water partition coefficient (Wildman–Crippen LogP) is 1.73. The minimum Gasteiger partial charge on any atom is -0.440 e. The van der Waals surface area contributed by atoms with E-state index in [1.54, 1.807) is 12.1 Å². The molecule has 1 fully saturated rings. The number of ether oxygens (including phenoxy) is 1. The van der Waals surface area contributed by atoms with Crippen molar-refractivity contribution in [2.75, 3.05) is 36.9 Å². The number of hydrogen-bond acceptors (Lipinski definition) is 5. The van der Waals surface area contributed by atoms with Crippen LogP contribution in [0.1, 0.15) is 0 Å². The van der Waals surface area contributed by atoms with Gasteiger partial charge in [-0.25, -0.2) is 0 Å². The summed E-state index contributed by atoms with van der Waals surface area (Å²) in [5, 5.41) is 0. The van der Waals surface area contributed by atoms with E-state index in [1.807, 2.05) is 17.0 Å². The Kier molecular flexibility index (Phi) is 3.43. The van der Waals surface area contributed by atoms with Gasteiger partial charge in [0.25, 0.3) is 0 Å². The second-order valence-electron chi connectivity index (χ2n) is 4.72. The van der Waals surface area contributed by atoms with Crippen LogP contribution in [0.2, 0.25) is 0 Å². The van der Waals surface area contributed by atoms with Gasteiger partial charge in [-0.1, -0.05) is 0 Å². The summed E-state index contributed by atoms with van der Waals surface area (Å²) >= 11 is 0. The Labute approximate surface area is 116 Å². The van der Waals surface area contributed by atoms with Crippen LogP contribution in [0.15, 0.2) is 45.6 Å². The summed E-state index contributed by atoms with van der Waals surface area (Å²) < 4.78 is 11.2. The van der Waals surface area contributed by atoms with Crippen LogP contribution in [0.4, 0.5) is 11.6 Å². The quantitative estimate of drug-likeness (QED) is 0.843. The van der Waals surface area contributed by atoms with Gasteiger partial charge in [0.2, 0.25) is 0 Å². The molecule has 5 heteroatoms. The molecule has 5 nitrogen and oxygen atoms in total. The van der Waals surface area contributed by atoms with E-state index in [0.717, 1.165) is 18.7 Å². The molecule has 0 radical (unpaired) electrons. The molecule has 1 aromatic carbocycles. The zero-order chi connectivity index (χ0) is 13.9. The molecule has 2 heterocycles. The Hall–Kier alpha value is -2.27. The molecular formula is C15H16N2O3. The summed E-state index contributed by atoms with van der Waals surface area (Å²) in [7, 11) is 0. The van der Waals surface area contributed by atoms with Gasteiger partial charge in [-0.15, -0.1) is 0 Å². The highest BCUT2D eigenvalue weighted by Crippen LogP contribution is 2.24. The Balaban J connectivity index is 1.97. The van der Waals surface area contributed by atoms with Crippen molar-refractivity contribution in [1.82, 2.24) is 0 Å². The molecule has 0 aliphatic carbocycles. The van der Waals surface area contributed by atoms with Crippen molar-refractivity contribution in [3.8, 4) is 11.3 Å². The van der Waals surface area contributed by atoms with E-state index in [4.69, 9.17) is 14.9 Å². The van der Waals surface area contributed by atoms with Gasteiger partial charge in [-0.3, -0.25) is 4.79 Å². The zero-order valence-electron chi connectivity index (χ0n) is 11.0. The van der Waals surface area contributed by atoms with Gasteiger partial charge >= 0.3 is 0 Å². The average Bonchev–Trinajstić information content (AvgIpc) is 2.48. The lowest BCUT2D eigenvalue weighted by molar-refractivity contribution is 0.120. The highest BCUT2D eigenvalue weighted by molar-refractivity contribution is 5.61. The summed E-state index contributed by atoms with van der Waals surface area (Å²) in [4.78, 5) is 13.9. The maximum atomic E-state index is 11.9.